The molecule has 0 saturated carbocycles. The fraction of sp³-hybridized carbons (Fsp3) is 0.450. The summed E-state index contributed by atoms with van der Waals surface area (Å²) in [4.78, 5) is 31.0. The van der Waals surface area contributed by atoms with Gasteiger partial charge in [0.1, 0.15) is 5.69 Å². The summed E-state index contributed by atoms with van der Waals surface area (Å²) in [5, 5.41) is 9.14. The van der Waals surface area contributed by atoms with Gasteiger partial charge in [0, 0.05) is 43.7 Å². The number of nitrogens with one attached hydrogen (secondary N) is 2. The lowest BCUT2D eigenvalue weighted by molar-refractivity contribution is -0.121. The zero-order valence-corrected chi connectivity index (χ0v) is 19.5. The third-order valence-electron chi connectivity index (χ3n) is 4.38. The summed E-state index contributed by atoms with van der Waals surface area (Å²) in [5.74, 6) is -0.332. The second-order valence-corrected chi connectivity index (χ2v) is 8.38. The van der Waals surface area contributed by atoms with E-state index in [-0.39, 0.29) is 30.8 Å². The topological polar surface area (TPSA) is 83.6 Å². The molecule has 0 spiro atoms. The highest BCUT2D eigenvalue weighted by molar-refractivity contribution is 7.14. The molecule has 0 unspecified atom stereocenters. The van der Waals surface area contributed by atoms with Crippen molar-refractivity contribution in [2.45, 2.75) is 32.7 Å². The minimum Gasteiger partial charge on any atom is -0.383 e. The van der Waals surface area contributed by atoms with Gasteiger partial charge in [-0.3, -0.25) is 9.59 Å². The number of methoxy groups -OCH3 is 1. The molecule has 2 rings (SSSR count). The van der Waals surface area contributed by atoms with Gasteiger partial charge >= 0.3 is 0 Å². The largest absolute Gasteiger partial charge is 0.383 e. The van der Waals surface area contributed by atoms with Gasteiger partial charge in [0.2, 0.25) is 5.91 Å². The summed E-state index contributed by atoms with van der Waals surface area (Å²) in [6, 6.07) is 5.25. The van der Waals surface area contributed by atoms with E-state index in [9.17, 15) is 9.59 Å². The van der Waals surface area contributed by atoms with Crippen molar-refractivity contribution in [1.82, 2.24) is 15.2 Å². The Morgan fingerprint density at radius 1 is 1.27 bits per heavy atom. The molecule has 7 nitrogen and oxygen atoms in total. The molecule has 1 aromatic carbocycles. The molecule has 1 heterocycles. The van der Waals surface area contributed by atoms with E-state index >= 15 is 0 Å². The predicted molar refractivity (Wildman–Crippen MR) is 122 cm³/mol. The van der Waals surface area contributed by atoms with Crippen LogP contribution < -0.4 is 10.6 Å². The number of ether oxygens (including phenoxy) is 1. The van der Waals surface area contributed by atoms with Gasteiger partial charge in [-0.25, -0.2) is 4.98 Å². The maximum atomic E-state index is 12.9. The number of anilines is 2. The Bertz CT molecular complexity index is 862. The molecule has 30 heavy (non-hydrogen) atoms. The number of halogens is 2. The summed E-state index contributed by atoms with van der Waals surface area (Å²) in [5.41, 5.74) is 1.02. The number of amides is 2. The number of hydrogen-bond acceptors (Lipinski definition) is 6. The summed E-state index contributed by atoms with van der Waals surface area (Å²) < 4.78 is 5.10. The van der Waals surface area contributed by atoms with E-state index < -0.39 is 0 Å². The van der Waals surface area contributed by atoms with Gasteiger partial charge in [0.25, 0.3) is 5.91 Å². The van der Waals surface area contributed by atoms with E-state index in [1.54, 1.807) is 35.6 Å². The summed E-state index contributed by atoms with van der Waals surface area (Å²) in [6.45, 7) is 4.99. The van der Waals surface area contributed by atoms with Crippen molar-refractivity contribution >= 4 is 57.2 Å². The summed E-state index contributed by atoms with van der Waals surface area (Å²) in [6.07, 6.45) is 1.07. The van der Waals surface area contributed by atoms with Crippen molar-refractivity contribution in [3.05, 3.63) is 39.3 Å². The highest BCUT2D eigenvalue weighted by Crippen LogP contribution is 2.28. The molecule has 0 fully saturated rings. The van der Waals surface area contributed by atoms with Crippen LogP contribution in [0.5, 0.6) is 0 Å². The van der Waals surface area contributed by atoms with E-state index in [0.717, 1.165) is 12.1 Å². The average Bonchev–Trinajstić information content (AvgIpc) is 3.18. The van der Waals surface area contributed by atoms with Crippen LogP contribution in [0.15, 0.2) is 23.6 Å². The quantitative estimate of drug-likeness (QED) is 0.499. The maximum absolute atomic E-state index is 12.9. The van der Waals surface area contributed by atoms with Crippen molar-refractivity contribution in [3.8, 4) is 0 Å². The normalized spacial score (nSPS) is 11.8. The van der Waals surface area contributed by atoms with Crippen molar-refractivity contribution < 1.29 is 14.3 Å². The smallest absolute Gasteiger partial charge is 0.273 e. The van der Waals surface area contributed by atoms with Gasteiger partial charge in [-0.05, 0) is 31.5 Å². The molecule has 164 valence electrons. The number of rotatable bonds is 11. The number of thiazole rings is 1. The van der Waals surface area contributed by atoms with Gasteiger partial charge in [-0.15, -0.1) is 11.3 Å². The van der Waals surface area contributed by atoms with Gasteiger partial charge in [0.15, 0.2) is 5.13 Å². The monoisotopic (exact) mass is 472 g/mol. The zero-order chi connectivity index (χ0) is 22.1. The molecular formula is C20H26Cl2N4O3S. The predicted octanol–water partition coefficient (Wildman–Crippen LogP) is 4.59. The molecular weight excluding hydrogens is 447 g/mol. The van der Waals surface area contributed by atoms with Gasteiger partial charge < -0.3 is 20.3 Å². The molecule has 1 aromatic heterocycles. The number of nitrogens with zero attached hydrogens (tertiary/aromatic N) is 2. The van der Waals surface area contributed by atoms with E-state index in [4.69, 9.17) is 27.9 Å². The molecule has 2 N–H and O–H groups in total. The van der Waals surface area contributed by atoms with Crippen LogP contribution in [-0.4, -0.2) is 54.5 Å². The molecule has 0 aliphatic carbocycles. The molecule has 0 radical (unpaired) electrons. The molecule has 10 heteroatoms. The minimum absolute atomic E-state index is 0.0835. The average molecular weight is 473 g/mol. The Morgan fingerprint density at radius 3 is 2.70 bits per heavy atom. The van der Waals surface area contributed by atoms with Crippen LogP contribution in [0.4, 0.5) is 10.8 Å². The number of carbonyl (C=O) groups excluding carboxylic acids is 2. The molecule has 2 aromatic rings. The van der Waals surface area contributed by atoms with E-state index in [1.807, 2.05) is 13.8 Å². The lowest BCUT2D eigenvalue weighted by atomic mass is 10.2. The Morgan fingerprint density at radius 2 is 2.03 bits per heavy atom. The van der Waals surface area contributed by atoms with Crippen LogP contribution in [0, 0.1) is 0 Å². The molecule has 0 bridgehead atoms. The number of carbonyl (C=O) groups is 2. The number of benzene rings is 1. The molecule has 2 amide bonds. The first kappa shape index (κ1) is 24.4. The minimum atomic E-state index is -0.248. The van der Waals surface area contributed by atoms with Crippen LogP contribution >= 0.6 is 34.5 Å². The van der Waals surface area contributed by atoms with Crippen molar-refractivity contribution in [2.75, 3.05) is 32.1 Å². The maximum Gasteiger partial charge on any atom is 0.273 e. The SMILES string of the molecule is CC[C@H](C)NC(=O)CCN(CCOC)C(=O)c1csc(Nc2ccc(Cl)c(Cl)c2)n1. The fourth-order valence-corrected chi connectivity index (χ4v) is 3.49. The van der Waals surface area contributed by atoms with Crippen molar-refractivity contribution in [3.63, 3.8) is 0 Å². The molecule has 0 aliphatic rings. The molecule has 1 atom stereocenters. The van der Waals surface area contributed by atoms with Crippen LogP contribution in [0.1, 0.15) is 37.2 Å². The van der Waals surface area contributed by atoms with Crippen LogP contribution in [-0.2, 0) is 9.53 Å². The highest BCUT2D eigenvalue weighted by Gasteiger charge is 2.20. The standard InChI is InChI=1S/C20H26Cl2N4O3S/c1-4-13(2)23-18(27)7-8-26(9-10-29-3)19(28)17-12-30-20(25-17)24-14-5-6-15(21)16(22)11-14/h5-6,11-13H,4,7-10H2,1-3H3,(H,23,27)(H,24,25)/t13-/m0/s1. The summed E-state index contributed by atoms with van der Waals surface area (Å²) >= 11 is 13.3. The molecule has 0 aliphatic heterocycles. The second-order valence-electron chi connectivity index (χ2n) is 6.70. The van der Waals surface area contributed by atoms with Crippen LogP contribution in [0.2, 0.25) is 10.0 Å². The zero-order valence-electron chi connectivity index (χ0n) is 17.2. The van der Waals surface area contributed by atoms with Gasteiger partial charge in [-0.2, -0.15) is 0 Å². The third kappa shape index (κ3) is 7.43. The first-order chi connectivity index (χ1) is 14.3. The first-order valence-corrected chi connectivity index (χ1v) is 11.2. The van der Waals surface area contributed by atoms with Crippen molar-refractivity contribution in [1.29, 1.82) is 0 Å². The third-order valence-corrected chi connectivity index (χ3v) is 5.87. The van der Waals surface area contributed by atoms with Gasteiger partial charge in [-0.1, -0.05) is 30.1 Å². The van der Waals surface area contributed by atoms with Crippen LogP contribution in [0.25, 0.3) is 0 Å². The fourth-order valence-electron chi connectivity index (χ4n) is 2.49. The lowest BCUT2D eigenvalue weighted by Gasteiger charge is -2.21. The molecule has 0 saturated heterocycles. The van der Waals surface area contributed by atoms with Gasteiger partial charge in [0.05, 0.1) is 16.7 Å². The van der Waals surface area contributed by atoms with Crippen LogP contribution in [0.3, 0.4) is 0 Å². The van der Waals surface area contributed by atoms with Crippen molar-refractivity contribution in [2.24, 2.45) is 0 Å². The Kier molecular flexibility index (Phi) is 9.84. The Labute approximate surface area is 190 Å². The number of aromatic nitrogens is 1. The Balaban J connectivity index is 2.02. The number of hydrogen-bond donors (Lipinski definition) is 2. The lowest BCUT2D eigenvalue weighted by Crippen LogP contribution is -2.39. The Hall–Kier alpha value is -1.87. The summed E-state index contributed by atoms with van der Waals surface area (Å²) in [7, 11) is 1.57. The van der Waals surface area contributed by atoms with E-state index in [2.05, 4.69) is 15.6 Å². The first-order valence-electron chi connectivity index (χ1n) is 9.59. The highest BCUT2D eigenvalue weighted by atomic mass is 35.5. The second kappa shape index (κ2) is 12.1. The van der Waals surface area contributed by atoms with E-state index in [1.165, 1.54) is 11.3 Å². The van der Waals surface area contributed by atoms with E-state index in [0.29, 0.717) is 34.0 Å².